The van der Waals surface area contributed by atoms with Crippen LogP contribution in [0, 0.1) is 11.8 Å². The fraction of sp³-hybridized carbons (Fsp3) is 0.824. The Labute approximate surface area is 123 Å². The van der Waals surface area contributed by atoms with Crippen molar-refractivity contribution in [1.29, 1.82) is 0 Å². The van der Waals surface area contributed by atoms with Crippen LogP contribution in [0.1, 0.15) is 71.5 Å². The van der Waals surface area contributed by atoms with Crippen LogP contribution in [0.15, 0.2) is 12.3 Å². The van der Waals surface area contributed by atoms with Crippen LogP contribution in [-0.2, 0) is 6.42 Å². The zero-order valence-electron chi connectivity index (χ0n) is 13.6. The molecule has 2 rings (SSSR count). The second-order valence-corrected chi connectivity index (χ2v) is 7.18. The minimum atomic E-state index is -0.0399. The first-order valence-electron chi connectivity index (χ1n) is 8.26. The van der Waals surface area contributed by atoms with Gasteiger partial charge in [0.05, 0.1) is 5.69 Å². The van der Waals surface area contributed by atoms with Gasteiger partial charge in [-0.2, -0.15) is 5.10 Å². The maximum atomic E-state index is 6.69. The fourth-order valence-corrected chi connectivity index (χ4v) is 3.44. The molecule has 1 aliphatic carbocycles. The van der Waals surface area contributed by atoms with Crippen LogP contribution in [0.25, 0.3) is 0 Å². The number of hydrogen-bond acceptors (Lipinski definition) is 2. The highest BCUT2D eigenvalue weighted by atomic mass is 15.3. The molecule has 0 amide bonds. The largest absolute Gasteiger partial charge is 0.325 e. The molecule has 3 nitrogen and oxygen atoms in total. The molecule has 0 saturated heterocycles. The van der Waals surface area contributed by atoms with Crippen LogP contribution < -0.4 is 5.73 Å². The molecule has 1 aromatic rings. The van der Waals surface area contributed by atoms with Gasteiger partial charge < -0.3 is 5.73 Å². The van der Waals surface area contributed by atoms with Crippen molar-refractivity contribution < 1.29 is 0 Å². The highest BCUT2D eigenvalue weighted by molar-refractivity contribution is 5.07. The minimum Gasteiger partial charge on any atom is -0.325 e. The molecule has 114 valence electrons. The van der Waals surface area contributed by atoms with E-state index in [0.29, 0.717) is 6.04 Å². The van der Waals surface area contributed by atoms with E-state index >= 15 is 0 Å². The zero-order valence-corrected chi connectivity index (χ0v) is 13.6. The molecule has 0 radical (unpaired) electrons. The van der Waals surface area contributed by atoms with Crippen molar-refractivity contribution in [2.45, 2.75) is 77.8 Å². The van der Waals surface area contributed by atoms with Gasteiger partial charge in [0.15, 0.2) is 0 Å². The van der Waals surface area contributed by atoms with E-state index in [2.05, 4.69) is 44.6 Å². The van der Waals surface area contributed by atoms with Crippen molar-refractivity contribution >= 4 is 0 Å². The van der Waals surface area contributed by atoms with Crippen LogP contribution in [0.5, 0.6) is 0 Å². The zero-order chi connectivity index (χ0) is 14.8. The summed E-state index contributed by atoms with van der Waals surface area (Å²) in [6.07, 6.45) is 9.07. The molecule has 0 aromatic carbocycles. The first-order valence-corrected chi connectivity index (χ1v) is 8.26. The molecule has 0 aliphatic heterocycles. The van der Waals surface area contributed by atoms with Crippen LogP contribution in [0.4, 0.5) is 0 Å². The molecule has 0 spiro atoms. The molecular weight excluding hydrogens is 246 g/mol. The van der Waals surface area contributed by atoms with E-state index < -0.39 is 0 Å². The first-order chi connectivity index (χ1) is 9.43. The summed E-state index contributed by atoms with van der Waals surface area (Å²) in [6.45, 7) is 9.07. The topological polar surface area (TPSA) is 43.8 Å². The van der Waals surface area contributed by atoms with Gasteiger partial charge in [0.25, 0.3) is 0 Å². The standard InChI is InChI=1S/C17H31N3/c1-5-14(4)20-10-8-16(19-20)12-17(18)9-6-7-15(11-17)13(2)3/h8,10,13-15H,5-7,9,11-12,18H2,1-4H3. The average Bonchev–Trinajstić information content (AvgIpc) is 2.85. The summed E-state index contributed by atoms with van der Waals surface area (Å²) < 4.78 is 2.08. The Kier molecular flexibility index (Phi) is 4.90. The third kappa shape index (κ3) is 3.63. The number of nitrogens with zero attached hydrogens (tertiary/aromatic N) is 2. The number of rotatable bonds is 5. The molecule has 0 bridgehead atoms. The predicted octanol–water partition coefficient (Wildman–Crippen LogP) is 3.94. The Bertz CT molecular complexity index is 424. The lowest BCUT2D eigenvalue weighted by atomic mass is 9.70. The van der Waals surface area contributed by atoms with Crippen LogP contribution in [0.2, 0.25) is 0 Å². The maximum Gasteiger partial charge on any atom is 0.0643 e. The fourth-order valence-electron chi connectivity index (χ4n) is 3.44. The van der Waals surface area contributed by atoms with Crippen molar-refractivity contribution in [2.75, 3.05) is 0 Å². The molecule has 1 saturated carbocycles. The quantitative estimate of drug-likeness (QED) is 0.886. The minimum absolute atomic E-state index is 0.0399. The lowest BCUT2D eigenvalue weighted by Crippen LogP contribution is -2.47. The Hall–Kier alpha value is -0.830. The van der Waals surface area contributed by atoms with Crippen molar-refractivity contribution in [2.24, 2.45) is 17.6 Å². The average molecular weight is 277 g/mol. The summed E-state index contributed by atoms with van der Waals surface area (Å²) in [5, 5.41) is 4.73. The highest BCUT2D eigenvalue weighted by Gasteiger charge is 2.34. The highest BCUT2D eigenvalue weighted by Crippen LogP contribution is 2.36. The maximum absolute atomic E-state index is 6.69. The van der Waals surface area contributed by atoms with Gasteiger partial charge in [-0.15, -0.1) is 0 Å². The van der Waals surface area contributed by atoms with E-state index in [0.717, 1.165) is 43.2 Å². The van der Waals surface area contributed by atoms with Gasteiger partial charge >= 0.3 is 0 Å². The number of aromatic nitrogens is 2. The van der Waals surface area contributed by atoms with Gasteiger partial charge in [-0.25, -0.2) is 0 Å². The monoisotopic (exact) mass is 277 g/mol. The second-order valence-electron chi connectivity index (χ2n) is 7.18. The van der Waals surface area contributed by atoms with E-state index in [1.807, 2.05) is 0 Å². The predicted molar refractivity (Wildman–Crippen MR) is 84.6 cm³/mol. The molecule has 2 N–H and O–H groups in total. The normalized spacial score (nSPS) is 28.8. The van der Waals surface area contributed by atoms with E-state index in [1.54, 1.807) is 0 Å². The van der Waals surface area contributed by atoms with Crippen molar-refractivity contribution in [3.8, 4) is 0 Å². The summed E-state index contributed by atoms with van der Waals surface area (Å²) >= 11 is 0. The Morgan fingerprint density at radius 2 is 2.20 bits per heavy atom. The van der Waals surface area contributed by atoms with Crippen molar-refractivity contribution in [3.63, 3.8) is 0 Å². The Morgan fingerprint density at radius 3 is 2.85 bits per heavy atom. The molecule has 20 heavy (non-hydrogen) atoms. The van der Waals surface area contributed by atoms with Crippen LogP contribution in [0.3, 0.4) is 0 Å². The molecule has 3 atom stereocenters. The van der Waals surface area contributed by atoms with Gasteiger partial charge in [-0.05, 0) is 44.1 Å². The van der Waals surface area contributed by atoms with Gasteiger partial charge in [0.2, 0.25) is 0 Å². The molecule has 1 heterocycles. The Morgan fingerprint density at radius 1 is 1.45 bits per heavy atom. The van der Waals surface area contributed by atoms with Crippen molar-refractivity contribution in [3.05, 3.63) is 18.0 Å². The lowest BCUT2D eigenvalue weighted by molar-refractivity contribution is 0.181. The third-order valence-corrected chi connectivity index (χ3v) is 5.10. The second kappa shape index (κ2) is 6.30. The molecule has 3 heteroatoms. The SMILES string of the molecule is CCC(C)n1ccc(CC2(N)CCCC(C(C)C)C2)n1. The van der Waals surface area contributed by atoms with E-state index in [4.69, 9.17) is 10.8 Å². The Balaban J connectivity index is 2.02. The summed E-state index contributed by atoms with van der Waals surface area (Å²) in [4.78, 5) is 0. The lowest BCUT2D eigenvalue weighted by Gasteiger charge is -2.39. The number of nitrogens with two attached hydrogens (primary N) is 1. The first kappa shape index (κ1) is 15.6. The van der Waals surface area contributed by atoms with Crippen LogP contribution >= 0.6 is 0 Å². The molecule has 1 aliphatic rings. The number of hydrogen-bond donors (Lipinski definition) is 1. The van der Waals surface area contributed by atoms with Gasteiger partial charge in [0, 0.05) is 24.2 Å². The summed E-state index contributed by atoms with van der Waals surface area (Å²) in [5.41, 5.74) is 7.81. The molecular formula is C17H31N3. The summed E-state index contributed by atoms with van der Waals surface area (Å²) in [5.74, 6) is 1.53. The van der Waals surface area contributed by atoms with Crippen molar-refractivity contribution in [1.82, 2.24) is 9.78 Å². The van der Waals surface area contributed by atoms with Gasteiger partial charge in [-0.3, -0.25) is 4.68 Å². The van der Waals surface area contributed by atoms with Crippen LogP contribution in [-0.4, -0.2) is 15.3 Å². The van der Waals surface area contributed by atoms with E-state index in [-0.39, 0.29) is 5.54 Å². The third-order valence-electron chi connectivity index (χ3n) is 5.10. The molecule has 3 unspecified atom stereocenters. The smallest absolute Gasteiger partial charge is 0.0643 e. The van der Waals surface area contributed by atoms with E-state index in [1.165, 1.54) is 12.8 Å². The molecule has 1 fully saturated rings. The van der Waals surface area contributed by atoms with Gasteiger partial charge in [0.1, 0.15) is 0 Å². The summed E-state index contributed by atoms with van der Waals surface area (Å²) in [6, 6.07) is 2.63. The van der Waals surface area contributed by atoms with Gasteiger partial charge in [-0.1, -0.05) is 33.6 Å². The molecule has 1 aromatic heterocycles. The van der Waals surface area contributed by atoms with E-state index in [9.17, 15) is 0 Å². The summed E-state index contributed by atoms with van der Waals surface area (Å²) in [7, 11) is 0.